The van der Waals surface area contributed by atoms with Crippen molar-refractivity contribution in [3.8, 4) is 0 Å². The van der Waals surface area contributed by atoms with Crippen molar-refractivity contribution in [2.75, 3.05) is 0 Å². The Hall–Kier alpha value is -3.40. The Morgan fingerprint density at radius 3 is 1.93 bits per heavy atom. The average Bonchev–Trinajstić information content (AvgIpc) is 2.74. The normalized spacial score (nSPS) is 11.4. The number of hydrogen-bond donors (Lipinski definition) is 2. The molecule has 0 aromatic heterocycles. The highest BCUT2D eigenvalue weighted by Gasteiger charge is 2.19. The zero-order chi connectivity index (χ0) is 18.9. The van der Waals surface area contributed by atoms with E-state index >= 15 is 0 Å². The molecular weight excluding hydrogens is 336 g/mol. The maximum Gasteiger partial charge on any atom is 0.251 e. The molecule has 0 aliphatic rings. The maximum absolute atomic E-state index is 12.5. The Morgan fingerprint density at radius 1 is 0.741 bits per heavy atom. The third kappa shape index (κ3) is 5.54. The van der Waals surface area contributed by atoms with Crippen LogP contribution in [0.1, 0.15) is 33.9 Å². The summed E-state index contributed by atoms with van der Waals surface area (Å²) in [5, 5.41) is 5.90. The fraction of sp³-hybridized carbons (Fsp3) is 0.130. The molecule has 0 aliphatic heterocycles. The molecule has 3 aromatic carbocycles. The van der Waals surface area contributed by atoms with Gasteiger partial charge in [0.25, 0.3) is 5.91 Å². The topological polar surface area (TPSA) is 58.2 Å². The highest BCUT2D eigenvalue weighted by molar-refractivity contribution is 5.94. The molecule has 2 N–H and O–H groups in total. The molecule has 0 fully saturated rings. The van der Waals surface area contributed by atoms with Crippen molar-refractivity contribution in [2.24, 2.45) is 0 Å². The van der Waals surface area contributed by atoms with Crippen molar-refractivity contribution < 1.29 is 9.59 Å². The summed E-state index contributed by atoms with van der Waals surface area (Å²) in [7, 11) is 0. The van der Waals surface area contributed by atoms with E-state index in [1.165, 1.54) is 0 Å². The molecule has 136 valence electrons. The van der Waals surface area contributed by atoms with Gasteiger partial charge in [0.15, 0.2) is 0 Å². The van der Waals surface area contributed by atoms with E-state index in [1.54, 1.807) is 12.1 Å². The van der Waals surface area contributed by atoms with Crippen LogP contribution in [0.2, 0.25) is 0 Å². The summed E-state index contributed by atoms with van der Waals surface area (Å²) in [6.45, 7) is 0.466. The summed E-state index contributed by atoms with van der Waals surface area (Å²) in [5.41, 5.74) is 2.51. The van der Waals surface area contributed by atoms with Gasteiger partial charge in [-0.1, -0.05) is 78.9 Å². The molecule has 0 radical (unpaired) electrons. The largest absolute Gasteiger partial charge is 0.352 e. The van der Waals surface area contributed by atoms with Gasteiger partial charge in [-0.25, -0.2) is 0 Å². The van der Waals surface area contributed by atoms with Gasteiger partial charge in [0.05, 0.1) is 12.5 Å². The van der Waals surface area contributed by atoms with Crippen LogP contribution < -0.4 is 10.6 Å². The second-order valence-corrected chi connectivity index (χ2v) is 6.27. The molecule has 1 atom stereocenters. The van der Waals surface area contributed by atoms with Crippen LogP contribution in [0.15, 0.2) is 91.0 Å². The summed E-state index contributed by atoms with van der Waals surface area (Å²) < 4.78 is 0. The molecule has 3 aromatic rings. The van der Waals surface area contributed by atoms with Crippen molar-refractivity contribution in [1.82, 2.24) is 10.6 Å². The van der Waals surface area contributed by atoms with Gasteiger partial charge in [0, 0.05) is 12.1 Å². The molecule has 4 heteroatoms. The standard InChI is InChI=1S/C23H22N2O2/c26-22(24-17-18-10-4-1-5-11-18)16-21(19-12-6-2-7-13-19)25-23(27)20-14-8-3-9-15-20/h1-15,21H,16-17H2,(H,24,26)(H,25,27)/t21-/m0/s1. The molecule has 0 bridgehead atoms. The van der Waals surface area contributed by atoms with Crippen LogP contribution in [-0.4, -0.2) is 11.8 Å². The van der Waals surface area contributed by atoms with Gasteiger partial charge in [-0.15, -0.1) is 0 Å². The number of carbonyl (C=O) groups excluding carboxylic acids is 2. The van der Waals surface area contributed by atoms with Gasteiger partial charge in [-0.2, -0.15) is 0 Å². The number of benzene rings is 3. The van der Waals surface area contributed by atoms with Crippen LogP contribution in [0.4, 0.5) is 0 Å². The molecule has 0 aliphatic carbocycles. The van der Waals surface area contributed by atoms with Crippen LogP contribution >= 0.6 is 0 Å². The first kappa shape index (κ1) is 18.4. The Balaban J connectivity index is 1.67. The van der Waals surface area contributed by atoms with Crippen molar-refractivity contribution in [2.45, 2.75) is 19.0 Å². The second-order valence-electron chi connectivity index (χ2n) is 6.27. The number of amides is 2. The van der Waals surface area contributed by atoms with Gasteiger partial charge in [-0.3, -0.25) is 9.59 Å². The summed E-state index contributed by atoms with van der Waals surface area (Å²) >= 11 is 0. The average molecular weight is 358 g/mol. The van der Waals surface area contributed by atoms with Gasteiger partial charge in [-0.05, 0) is 23.3 Å². The minimum absolute atomic E-state index is 0.110. The van der Waals surface area contributed by atoms with E-state index in [0.717, 1.165) is 11.1 Å². The lowest BCUT2D eigenvalue weighted by Crippen LogP contribution is -2.33. The monoisotopic (exact) mass is 358 g/mol. The number of hydrogen-bond acceptors (Lipinski definition) is 2. The Bertz CT molecular complexity index is 865. The van der Waals surface area contributed by atoms with Gasteiger partial charge in [0.2, 0.25) is 5.91 Å². The van der Waals surface area contributed by atoms with Crippen molar-refractivity contribution >= 4 is 11.8 Å². The van der Waals surface area contributed by atoms with E-state index in [0.29, 0.717) is 12.1 Å². The van der Waals surface area contributed by atoms with Crippen molar-refractivity contribution in [1.29, 1.82) is 0 Å². The second kappa shape index (κ2) is 9.34. The number of carbonyl (C=O) groups is 2. The fourth-order valence-corrected chi connectivity index (χ4v) is 2.82. The Kier molecular flexibility index (Phi) is 6.36. The van der Waals surface area contributed by atoms with Gasteiger partial charge < -0.3 is 10.6 Å². The highest BCUT2D eigenvalue weighted by Crippen LogP contribution is 2.17. The first-order valence-corrected chi connectivity index (χ1v) is 8.94. The first-order valence-electron chi connectivity index (χ1n) is 8.94. The third-order valence-corrected chi connectivity index (χ3v) is 4.27. The quantitative estimate of drug-likeness (QED) is 0.674. The molecule has 0 spiro atoms. The molecule has 2 amide bonds. The van der Waals surface area contributed by atoms with E-state index in [9.17, 15) is 9.59 Å². The van der Waals surface area contributed by atoms with Gasteiger partial charge in [0.1, 0.15) is 0 Å². The number of nitrogens with one attached hydrogen (secondary N) is 2. The molecule has 27 heavy (non-hydrogen) atoms. The van der Waals surface area contributed by atoms with E-state index in [-0.39, 0.29) is 18.2 Å². The summed E-state index contributed by atoms with van der Waals surface area (Å²) in [6, 6.07) is 27.9. The molecule has 3 rings (SSSR count). The van der Waals surface area contributed by atoms with Crippen LogP contribution in [0, 0.1) is 0 Å². The van der Waals surface area contributed by atoms with Gasteiger partial charge >= 0.3 is 0 Å². The van der Waals surface area contributed by atoms with E-state index in [2.05, 4.69) is 10.6 Å². The minimum atomic E-state index is -0.394. The maximum atomic E-state index is 12.5. The zero-order valence-corrected chi connectivity index (χ0v) is 15.0. The first-order chi connectivity index (χ1) is 13.2. The molecular formula is C23H22N2O2. The third-order valence-electron chi connectivity index (χ3n) is 4.27. The summed E-state index contributed by atoms with van der Waals surface area (Å²) in [4.78, 5) is 25.0. The Morgan fingerprint density at radius 2 is 1.30 bits per heavy atom. The number of rotatable bonds is 7. The molecule has 0 heterocycles. The lowest BCUT2D eigenvalue weighted by molar-refractivity contribution is -0.121. The predicted octanol–water partition coefficient (Wildman–Crippen LogP) is 3.86. The lowest BCUT2D eigenvalue weighted by Gasteiger charge is -2.19. The van der Waals surface area contributed by atoms with E-state index in [4.69, 9.17) is 0 Å². The van der Waals surface area contributed by atoms with Crippen LogP contribution in [-0.2, 0) is 11.3 Å². The lowest BCUT2D eigenvalue weighted by atomic mass is 10.0. The molecule has 4 nitrogen and oxygen atoms in total. The van der Waals surface area contributed by atoms with Crippen LogP contribution in [0.25, 0.3) is 0 Å². The summed E-state index contributed by atoms with van der Waals surface area (Å²) in [5.74, 6) is -0.304. The molecule has 0 saturated heterocycles. The smallest absolute Gasteiger partial charge is 0.251 e. The SMILES string of the molecule is O=C(C[C@H](NC(=O)c1ccccc1)c1ccccc1)NCc1ccccc1. The fourth-order valence-electron chi connectivity index (χ4n) is 2.82. The van der Waals surface area contributed by atoms with Crippen molar-refractivity contribution in [3.05, 3.63) is 108 Å². The van der Waals surface area contributed by atoms with E-state index in [1.807, 2.05) is 78.9 Å². The predicted molar refractivity (Wildman–Crippen MR) is 106 cm³/mol. The van der Waals surface area contributed by atoms with Crippen LogP contribution in [0.5, 0.6) is 0 Å². The van der Waals surface area contributed by atoms with E-state index < -0.39 is 6.04 Å². The zero-order valence-electron chi connectivity index (χ0n) is 15.0. The minimum Gasteiger partial charge on any atom is -0.352 e. The molecule has 0 unspecified atom stereocenters. The Labute approximate surface area is 159 Å². The van der Waals surface area contributed by atoms with Crippen LogP contribution in [0.3, 0.4) is 0 Å². The summed E-state index contributed by atoms with van der Waals surface area (Å²) in [6.07, 6.45) is 0.176. The van der Waals surface area contributed by atoms with Crippen molar-refractivity contribution in [3.63, 3.8) is 0 Å². The highest BCUT2D eigenvalue weighted by atomic mass is 16.2. The molecule has 0 saturated carbocycles.